The zero-order valence-electron chi connectivity index (χ0n) is 12.4. The fourth-order valence-corrected chi connectivity index (χ4v) is 2.56. The highest BCUT2D eigenvalue weighted by Crippen LogP contribution is 2.35. The van der Waals surface area contributed by atoms with Crippen LogP contribution in [-0.4, -0.2) is 23.5 Å². The van der Waals surface area contributed by atoms with Gasteiger partial charge < -0.3 is 19.2 Å². The molecule has 6 nitrogen and oxygen atoms in total. The van der Waals surface area contributed by atoms with E-state index >= 15 is 0 Å². The number of imidazole rings is 1. The van der Waals surface area contributed by atoms with Gasteiger partial charge in [-0.05, 0) is 30.3 Å². The molecule has 1 N–H and O–H groups in total. The van der Waals surface area contributed by atoms with Crippen molar-refractivity contribution in [1.29, 1.82) is 0 Å². The minimum absolute atomic E-state index is 0.217. The van der Waals surface area contributed by atoms with Crippen LogP contribution in [0.4, 0.5) is 0 Å². The number of aromatic amines is 1. The summed E-state index contributed by atoms with van der Waals surface area (Å²) in [4.78, 5) is 15.1. The first-order chi connectivity index (χ1) is 11.2. The third-order valence-corrected chi connectivity index (χ3v) is 3.73. The molecule has 0 radical (unpaired) electrons. The summed E-state index contributed by atoms with van der Waals surface area (Å²) in [5, 5.41) is 0. The highest BCUT2D eigenvalue weighted by Gasteiger charge is 2.15. The molecular formula is C17H14N2O4. The lowest BCUT2D eigenvalue weighted by molar-refractivity contribution is 0.174. The van der Waals surface area contributed by atoms with Crippen LogP contribution in [0.25, 0.3) is 16.9 Å². The van der Waals surface area contributed by atoms with E-state index < -0.39 is 0 Å². The smallest absolute Gasteiger partial charge is 0.330 e. The third kappa shape index (κ3) is 2.34. The molecule has 2 heterocycles. The summed E-state index contributed by atoms with van der Waals surface area (Å²) in [6.07, 6.45) is 1.76. The molecule has 6 heteroatoms. The number of methoxy groups -OCH3 is 1. The molecule has 1 aliphatic rings. The molecule has 23 heavy (non-hydrogen) atoms. The molecule has 1 aromatic heterocycles. The molecule has 0 bridgehead atoms. The number of hydrogen-bond donors (Lipinski definition) is 1. The van der Waals surface area contributed by atoms with Gasteiger partial charge in [-0.3, -0.25) is 4.57 Å². The molecule has 0 atom stereocenters. The zero-order chi connectivity index (χ0) is 15.8. The quantitative estimate of drug-likeness (QED) is 0.807. The van der Waals surface area contributed by atoms with E-state index in [0.29, 0.717) is 22.9 Å². The van der Waals surface area contributed by atoms with E-state index in [4.69, 9.17) is 14.2 Å². The lowest BCUT2D eigenvalue weighted by atomic mass is 10.1. The number of benzene rings is 2. The van der Waals surface area contributed by atoms with Crippen molar-refractivity contribution >= 4 is 0 Å². The van der Waals surface area contributed by atoms with Gasteiger partial charge in [0.1, 0.15) is 5.75 Å². The van der Waals surface area contributed by atoms with Crippen molar-refractivity contribution in [2.24, 2.45) is 0 Å². The van der Waals surface area contributed by atoms with Gasteiger partial charge in [0.15, 0.2) is 11.5 Å². The molecule has 0 unspecified atom stereocenters. The maximum Gasteiger partial charge on any atom is 0.330 e. The van der Waals surface area contributed by atoms with Crippen LogP contribution in [-0.2, 0) is 0 Å². The lowest BCUT2D eigenvalue weighted by Gasteiger charge is -2.04. The van der Waals surface area contributed by atoms with Crippen LogP contribution in [0.3, 0.4) is 0 Å². The molecule has 3 aromatic rings. The number of H-pyrrole nitrogens is 1. The fourth-order valence-electron chi connectivity index (χ4n) is 2.56. The van der Waals surface area contributed by atoms with Crippen LogP contribution in [0.2, 0.25) is 0 Å². The zero-order valence-corrected chi connectivity index (χ0v) is 12.4. The minimum atomic E-state index is -0.217. The first-order valence-electron chi connectivity index (χ1n) is 7.11. The van der Waals surface area contributed by atoms with E-state index in [1.807, 2.05) is 36.4 Å². The fraction of sp³-hybridized carbons (Fsp3) is 0.118. The van der Waals surface area contributed by atoms with E-state index in [9.17, 15) is 4.79 Å². The summed E-state index contributed by atoms with van der Waals surface area (Å²) in [5.74, 6) is 2.08. The van der Waals surface area contributed by atoms with E-state index in [2.05, 4.69) is 4.98 Å². The van der Waals surface area contributed by atoms with Gasteiger partial charge in [0.05, 0.1) is 18.5 Å². The Morgan fingerprint density at radius 2 is 2.00 bits per heavy atom. The van der Waals surface area contributed by atoms with E-state index in [1.165, 1.54) is 0 Å². The topological polar surface area (TPSA) is 65.5 Å². The molecule has 0 fully saturated rings. The number of nitrogens with zero attached hydrogens (tertiary/aromatic N) is 1. The van der Waals surface area contributed by atoms with Gasteiger partial charge in [-0.2, -0.15) is 0 Å². The van der Waals surface area contributed by atoms with Crippen LogP contribution >= 0.6 is 0 Å². The number of ether oxygens (including phenoxy) is 3. The molecule has 2 aromatic carbocycles. The van der Waals surface area contributed by atoms with Gasteiger partial charge in [-0.15, -0.1) is 0 Å². The van der Waals surface area contributed by atoms with Crippen molar-refractivity contribution in [2.75, 3.05) is 13.9 Å². The van der Waals surface area contributed by atoms with Gasteiger partial charge in [0, 0.05) is 17.8 Å². The van der Waals surface area contributed by atoms with Crippen LogP contribution in [0, 0.1) is 0 Å². The number of nitrogens with one attached hydrogen (secondary N) is 1. The predicted octanol–water partition coefficient (Wildman–Crippen LogP) is 2.57. The monoisotopic (exact) mass is 310 g/mol. The molecule has 116 valence electrons. The van der Waals surface area contributed by atoms with Crippen LogP contribution in [0.1, 0.15) is 0 Å². The Bertz CT molecular complexity index is 926. The summed E-state index contributed by atoms with van der Waals surface area (Å²) in [6, 6.07) is 12.9. The Hall–Kier alpha value is -3.15. The van der Waals surface area contributed by atoms with Crippen molar-refractivity contribution in [3.8, 4) is 34.2 Å². The number of fused-ring (bicyclic) bond motifs is 1. The summed E-state index contributed by atoms with van der Waals surface area (Å²) < 4.78 is 17.4. The predicted molar refractivity (Wildman–Crippen MR) is 84.5 cm³/mol. The molecule has 4 rings (SSSR count). The maximum atomic E-state index is 12.3. The lowest BCUT2D eigenvalue weighted by Crippen LogP contribution is -2.13. The van der Waals surface area contributed by atoms with E-state index in [0.717, 1.165) is 11.3 Å². The Kier molecular flexibility index (Phi) is 3.08. The van der Waals surface area contributed by atoms with Gasteiger partial charge in [-0.25, -0.2) is 4.79 Å². The third-order valence-electron chi connectivity index (χ3n) is 3.73. The first-order valence-corrected chi connectivity index (χ1v) is 7.11. The normalized spacial score (nSPS) is 12.4. The molecule has 1 aliphatic heterocycles. The molecule has 0 aliphatic carbocycles. The molecule has 0 amide bonds. The maximum absolute atomic E-state index is 12.3. The SMILES string of the molecule is COc1cccc(-n2cc(-c3ccc4c(c3)OCO4)[nH]c2=O)c1. The van der Waals surface area contributed by atoms with Gasteiger partial charge >= 0.3 is 5.69 Å². The summed E-state index contributed by atoms with van der Waals surface area (Å²) in [5.41, 5.74) is 2.08. The second kappa shape index (κ2) is 5.24. The minimum Gasteiger partial charge on any atom is -0.497 e. The van der Waals surface area contributed by atoms with Crippen LogP contribution in [0.5, 0.6) is 17.2 Å². The number of aromatic nitrogens is 2. The van der Waals surface area contributed by atoms with Crippen molar-refractivity contribution in [1.82, 2.24) is 9.55 Å². The van der Waals surface area contributed by atoms with Crippen molar-refractivity contribution in [2.45, 2.75) is 0 Å². The second-order valence-corrected chi connectivity index (χ2v) is 5.11. The summed E-state index contributed by atoms with van der Waals surface area (Å²) in [6.45, 7) is 0.222. The van der Waals surface area contributed by atoms with Gasteiger partial charge in [-0.1, -0.05) is 6.07 Å². The van der Waals surface area contributed by atoms with E-state index in [1.54, 1.807) is 23.9 Å². The molecule has 0 spiro atoms. The highest BCUT2D eigenvalue weighted by atomic mass is 16.7. The average Bonchev–Trinajstić information content (AvgIpc) is 3.20. The standard InChI is InChI=1S/C17H14N2O4/c1-21-13-4-2-3-12(8-13)19-9-14(18-17(19)20)11-5-6-15-16(7-11)23-10-22-15/h2-9H,10H2,1H3,(H,18,20). The van der Waals surface area contributed by atoms with Crippen molar-refractivity contribution < 1.29 is 14.2 Å². The van der Waals surface area contributed by atoms with Crippen molar-refractivity contribution in [3.05, 3.63) is 59.1 Å². The second-order valence-electron chi connectivity index (χ2n) is 5.11. The van der Waals surface area contributed by atoms with E-state index in [-0.39, 0.29) is 12.5 Å². The highest BCUT2D eigenvalue weighted by molar-refractivity contribution is 5.64. The molecule has 0 saturated heterocycles. The largest absolute Gasteiger partial charge is 0.497 e. The summed E-state index contributed by atoms with van der Waals surface area (Å²) in [7, 11) is 1.59. The van der Waals surface area contributed by atoms with Crippen molar-refractivity contribution in [3.63, 3.8) is 0 Å². The average molecular weight is 310 g/mol. The molecule has 0 saturated carbocycles. The number of hydrogen-bond acceptors (Lipinski definition) is 4. The Labute approximate surface area is 131 Å². The van der Waals surface area contributed by atoms with Gasteiger partial charge in [0.2, 0.25) is 6.79 Å². The van der Waals surface area contributed by atoms with Crippen LogP contribution in [0.15, 0.2) is 53.5 Å². The molecular weight excluding hydrogens is 296 g/mol. The Morgan fingerprint density at radius 1 is 1.13 bits per heavy atom. The number of rotatable bonds is 3. The Balaban J connectivity index is 1.76. The van der Waals surface area contributed by atoms with Crippen LogP contribution < -0.4 is 19.9 Å². The first kappa shape index (κ1) is 13.5. The Morgan fingerprint density at radius 3 is 2.87 bits per heavy atom. The summed E-state index contributed by atoms with van der Waals surface area (Å²) >= 11 is 0. The van der Waals surface area contributed by atoms with Gasteiger partial charge in [0.25, 0.3) is 0 Å².